The van der Waals surface area contributed by atoms with Gasteiger partial charge in [-0.2, -0.15) is 0 Å². The van der Waals surface area contributed by atoms with E-state index in [4.69, 9.17) is 4.74 Å². The van der Waals surface area contributed by atoms with E-state index < -0.39 is 0 Å². The maximum absolute atomic E-state index is 11.9. The molecule has 0 saturated heterocycles. The number of guanidine groups is 1. The number of halogens is 1. The quantitative estimate of drug-likeness (QED) is 0.357. The Kier molecular flexibility index (Phi) is 9.38. The average molecular weight is 454 g/mol. The van der Waals surface area contributed by atoms with Crippen molar-refractivity contribution < 1.29 is 9.53 Å². The summed E-state index contributed by atoms with van der Waals surface area (Å²) in [4.78, 5) is 16.0. The van der Waals surface area contributed by atoms with Gasteiger partial charge in [-0.05, 0) is 18.2 Å². The van der Waals surface area contributed by atoms with Crippen molar-refractivity contribution >= 4 is 41.5 Å². The molecule has 134 valence electrons. The molecule has 3 N–H and O–H groups in total. The third kappa shape index (κ3) is 7.00. The summed E-state index contributed by atoms with van der Waals surface area (Å²) in [5, 5.41) is 8.95. The Morgan fingerprint density at radius 2 is 1.72 bits per heavy atom. The van der Waals surface area contributed by atoms with E-state index in [9.17, 15) is 4.79 Å². The van der Waals surface area contributed by atoms with Crippen molar-refractivity contribution in [3.63, 3.8) is 0 Å². The van der Waals surface area contributed by atoms with Gasteiger partial charge < -0.3 is 20.7 Å². The second-order valence-electron chi connectivity index (χ2n) is 5.01. The molecule has 0 heterocycles. The van der Waals surface area contributed by atoms with Crippen LogP contribution in [-0.4, -0.2) is 32.6 Å². The zero-order valence-electron chi connectivity index (χ0n) is 14.3. The summed E-state index contributed by atoms with van der Waals surface area (Å²) in [5.41, 5.74) is 1.78. The first-order valence-corrected chi connectivity index (χ1v) is 7.64. The van der Waals surface area contributed by atoms with Crippen LogP contribution in [0.15, 0.2) is 59.6 Å². The van der Waals surface area contributed by atoms with Crippen LogP contribution in [0.2, 0.25) is 0 Å². The fourth-order valence-corrected chi connectivity index (χ4v) is 2.14. The molecule has 6 nitrogen and oxygen atoms in total. The van der Waals surface area contributed by atoms with Gasteiger partial charge in [-0.25, -0.2) is 0 Å². The first-order valence-electron chi connectivity index (χ1n) is 7.64. The molecule has 25 heavy (non-hydrogen) atoms. The summed E-state index contributed by atoms with van der Waals surface area (Å²) in [7, 11) is 3.30. The lowest BCUT2D eigenvalue weighted by molar-refractivity contribution is -0.115. The van der Waals surface area contributed by atoms with Gasteiger partial charge in [-0.15, -0.1) is 24.0 Å². The summed E-state index contributed by atoms with van der Waals surface area (Å²) in [6, 6.07) is 17.1. The van der Waals surface area contributed by atoms with Crippen LogP contribution in [-0.2, 0) is 11.3 Å². The van der Waals surface area contributed by atoms with Crippen molar-refractivity contribution in [2.45, 2.75) is 6.54 Å². The van der Waals surface area contributed by atoms with Gasteiger partial charge in [0.05, 0.1) is 13.7 Å². The lowest BCUT2D eigenvalue weighted by Gasteiger charge is -2.13. The molecule has 0 bridgehead atoms. The van der Waals surface area contributed by atoms with Gasteiger partial charge in [-0.3, -0.25) is 9.79 Å². The molecule has 2 aromatic rings. The number of nitrogens with one attached hydrogen (secondary N) is 3. The molecule has 2 aromatic carbocycles. The molecule has 2 rings (SSSR count). The average Bonchev–Trinajstić information content (AvgIpc) is 2.63. The molecule has 0 aliphatic rings. The number of carbonyl (C=O) groups excluding carboxylic acids is 1. The van der Waals surface area contributed by atoms with Gasteiger partial charge in [-0.1, -0.05) is 36.4 Å². The van der Waals surface area contributed by atoms with Crippen molar-refractivity contribution in [3.05, 3.63) is 60.2 Å². The number of aliphatic imine (C=N–C) groups is 1. The van der Waals surface area contributed by atoms with E-state index in [1.54, 1.807) is 14.2 Å². The zero-order chi connectivity index (χ0) is 17.2. The number of methoxy groups -OCH3 is 1. The number of rotatable bonds is 6. The third-order valence-electron chi connectivity index (χ3n) is 3.34. The van der Waals surface area contributed by atoms with Crippen LogP contribution in [0.5, 0.6) is 5.75 Å². The molecular weight excluding hydrogens is 431 g/mol. The van der Waals surface area contributed by atoms with Crippen molar-refractivity contribution in [3.8, 4) is 5.75 Å². The van der Waals surface area contributed by atoms with Gasteiger partial charge in [0.15, 0.2) is 5.96 Å². The predicted octanol–water partition coefficient (Wildman–Crippen LogP) is 2.62. The SMILES string of the molecule is CN=C(NCC(=O)Nc1ccccc1)NCc1ccccc1OC.I. The first-order chi connectivity index (χ1) is 11.7. The molecule has 0 fully saturated rings. The summed E-state index contributed by atoms with van der Waals surface area (Å²) < 4.78 is 5.31. The Hall–Kier alpha value is -2.29. The highest BCUT2D eigenvalue weighted by molar-refractivity contribution is 14.0. The van der Waals surface area contributed by atoms with Gasteiger partial charge in [0.2, 0.25) is 5.91 Å². The normalized spacial score (nSPS) is 10.4. The van der Waals surface area contributed by atoms with E-state index in [1.165, 1.54) is 0 Å². The minimum absolute atomic E-state index is 0. The molecular formula is C18H23IN4O2. The Morgan fingerprint density at radius 1 is 1.04 bits per heavy atom. The number of hydrogen-bond donors (Lipinski definition) is 3. The highest BCUT2D eigenvalue weighted by Gasteiger charge is 2.06. The number of anilines is 1. The van der Waals surface area contributed by atoms with Crippen molar-refractivity contribution in [1.29, 1.82) is 0 Å². The predicted molar refractivity (Wildman–Crippen MR) is 112 cm³/mol. The third-order valence-corrected chi connectivity index (χ3v) is 3.34. The Balaban J connectivity index is 0.00000312. The molecule has 0 radical (unpaired) electrons. The molecule has 0 aliphatic heterocycles. The van der Waals surface area contributed by atoms with Crippen molar-refractivity contribution in [1.82, 2.24) is 10.6 Å². The number of ether oxygens (including phenoxy) is 1. The molecule has 0 unspecified atom stereocenters. The van der Waals surface area contributed by atoms with Crippen molar-refractivity contribution in [2.75, 3.05) is 26.0 Å². The maximum atomic E-state index is 11.9. The molecule has 0 aromatic heterocycles. The van der Waals surface area contributed by atoms with Crippen LogP contribution in [0.1, 0.15) is 5.56 Å². The summed E-state index contributed by atoms with van der Waals surface area (Å²) in [6.45, 7) is 0.671. The standard InChI is InChI=1S/C18H22N4O2.HI/c1-19-18(20-12-14-8-6-7-11-16(14)24-2)21-13-17(23)22-15-9-4-3-5-10-15;/h3-11H,12-13H2,1-2H3,(H,22,23)(H2,19,20,21);1H. The molecule has 0 atom stereocenters. The van der Waals surface area contributed by atoms with Crippen LogP contribution >= 0.6 is 24.0 Å². The van der Waals surface area contributed by atoms with Gasteiger partial charge in [0.25, 0.3) is 0 Å². The van der Waals surface area contributed by atoms with E-state index in [2.05, 4.69) is 20.9 Å². The van der Waals surface area contributed by atoms with E-state index in [0.717, 1.165) is 17.0 Å². The summed E-state index contributed by atoms with van der Waals surface area (Å²) in [5.74, 6) is 1.22. The lowest BCUT2D eigenvalue weighted by Crippen LogP contribution is -2.41. The van der Waals surface area contributed by atoms with Gasteiger partial charge in [0.1, 0.15) is 5.75 Å². The fourth-order valence-electron chi connectivity index (χ4n) is 2.14. The van der Waals surface area contributed by atoms with Crippen LogP contribution in [0.25, 0.3) is 0 Å². The minimum atomic E-state index is -0.138. The molecule has 0 aliphatic carbocycles. The Bertz CT molecular complexity index is 692. The van der Waals surface area contributed by atoms with E-state index >= 15 is 0 Å². The second-order valence-corrected chi connectivity index (χ2v) is 5.01. The molecule has 7 heteroatoms. The van der Waals surface area contributed by atoms with Crippen LogP contribution in [0.3, 0.4) is 0 Å². The van der Waals surface area contributed by atoms with E-state index in [1.807, 2.05) is 54.6 Å². The molecule has 0 saturated carbocycles. The fraction of sp³-hybridized carbons (Fsp3) is 0.222. The summed E-state index contributed by atoms with van der Waals surface area (Å²) >= 11 is 0. The monoisotopic (exact) mass is 454 g/mol. The minimum Gasteiger partial charge on any atom is -0.496 e. The Morgan fingerprint density at radius 3 is 2.40 bits per heavy atom. The topological polar surface area (TPSA) is 74.8 Å². The molecule has 1 amide bonds. The number of para-hydroxylation sites is 2. The lowest BCUT2D eigenvalue weighted by atomic mass is 10.2. The van der Waals surface area contributed by atoms with E-state index in [-0.39, 0.29) is 36.4 Å². The second kappa shape index (κ2) is 11.3. The largest absolute Gasteiger partial charge is 0.496 e. The number of hydrogen-bond acceptors (Lipinski definition) is 3. The van der Waals surface area contributed by atoms with Crippen LogP contribution in [0, 0.1) is 0 Å². The van der Waals surface area contributed by atoms with Gasteiger partial charge in [0, 0.05) is 24.8 Å². The van der Waals surface area contributed by atoms with Crippen LogP contribution in [0.4, 0.5) is 5.69 Å². The molecule has 0 spiro atoms. The highest BCUT2D eigenvalue weighted by atomic mass is 127. The zero-order valence-corrected chi connectivity index (χ0v) is 16.6. The van der Waals surface area contributed by atoms with E-state index in [0.29, 0.717) is 12.5 Å². The highest BCUT2D eigenvalue weighted by Crippen LogP contribution is 2.16. The smallest absolute Gasteiger partial charge is 0.243 e. The number of benzene rings is 2. The first kappa shape index (κ1) is 20.8. The maximum Gasteiger partial charge on any atom is 0.243 e. The van der Waals surface area contributed by atoms with Gasteiger partial charge >= 0.3 is 0 Å². The number of carbonyl (C=O) groups is 1. The summed E-state index contributed by atoms with van der Waals surface area (Å²) in [6.07, 6.45) is 0. The van der Waals surface area contributed by atoms with Crippen LogP contribution < -0.4 is 20.7 Å². The number of nitrogens with zero attached hydrogens (tertiary/aromatic N) is 1. The van der Waals surface area contributed by atoms with Crippen molar-refractivity contribution in [2.24, 2.45) is 4.99 Å². The number of amides is 1. The Labute approximate surface area is 165 Å².